The number of furan rings is 1. The Kier molecular flexibility index (Phi) is 4.63. The van der Waals surface area contributed by atoms with Crippen molar-refractivity contribution in [1.82, 2.24) is 0 Å². The molecule has 23 heavy (non-hydrogen) atoms. The minimum atomic E-state index is -0.0792. The zero-order valence-electron chi connectivity index (χ0n) is 13.4. The summed E-state index contributed by atoms with van der Waals surface area (Å²) in [7, 11) is 0. The van der Waals surface area contributed by atoms with E-state index in [4.69, 9.17) is 4.42 Å². The Labute approximate surface area is 136 Å². The van der Waals surface area contributed by atoms with E-state index in [1.807, 2.05) is 19.1 Å². The molecule has 2 aromatic heterocycles. The van der Waals surface area contributed by atoms with Gasteiger partial charge in [-0.05, 0) is 49.8 Å². The first-order chi connectivity index (χ1) is 11.3. The Hall–Kier alpha value is -2.32. The molecule has 0 unspecified atom stereocenters. The summed E-state index contributed by atoms with van der Waals surface area (Å²) < 4.78 is 5.58. The molecule has 120 valence electrons. The fourth-order valence-corrected chi connectivity index (χ4v) is 3.21. The highest BCUT2D eigenvalue weighted by atomic mass is 16.3. The van der Waals surface area contributed by atoms with Crippen LogP contribution in [0.15, 0.2) is 22.8 Å². The predicted octanol–water partition coefficient (Wildman–Crippen LogP) is 2.69. The molecule has 0 bridgehead atoms. The van der Waals surface area contributed by atoms with Crippen molar-refractivity contribution in [3.63, 3.8) is 0 Å². The van der Waals surface area contributed by atoms with E-state index in [1.54, 1.807) is 6.26 Å². The number of aliphatic hydroxyl groups is 1. The maximum absolute atomic E-state index is 9.66. The third-order valence-electron chi connectivity index (χ3n) is 4.51. The van der Waals surface area contributed by atoms with E-state index in [-0.39, 0.29) is 12.6 Å². The van der Waals surface area contributed by atoms with Gasteiger partial charge >= 0.3 is 0 Å². The van der Waals surface area contributed by atoms with Crippen molar-refractivity contribution in [3.05, 3.63) is 35.1 Å². The summed E-state index contributed by atoms with van der Waals surface area (Å²) in [5.74, 6) is 1.47. The number of pyridine rings is 1. The molecule has 0 aliphatic heterocycles. The van der Waals surface area contributed by atoms with Gasteiger partial charge in [-0.25, -0.2) is 4.98 Å². The Morgan fingerprint density at radius 3 is 2.78 bits per heavy atom. The number of aliphatic hydroxyl groups excluding tert-OH is 1. The van der Waals surface area contributed by atoms with E-state index in [9.17, 15) is 10.4 Å². The Bertz CT molecular complexity index is 713. The van der Waals surface area contributed by atoms with Crippen LogP contribution in [0.5, 0.6) is 0 Å². The largest absolute Gasteiger partial charge is 0.461 e. The highest BCUT2D eigenvalue weighted by molar-refractivity contribution is 5.65. The van der Waals surface area contributed by atoms with Gasteiger partial charge < -0.3 is 9.52 Å². The van der Waals surface area contributed by atoms with Crippen molar-refractivity contribution >= 4 is 5.82 Å². The number of hydrogen-bond donors (Lipinski definition) is 2. The van der Waals surface area contributed by atoms with Gasteiger partial charge in [0.1, 0.15) is 17.7 Å². The molecule has 1 atom stereocenters. The highest BCUT2D eigenvalue weighted by Gasteiger charge is 2.28. The van der Waals surface area contributed by atoms with Gasteiger partial charge in [0, 0.05) is 5.56 Å². The molecule has 3 rings (SSSR count). The topological polar surface area (TPSA) is 83.3 Å². The zero-order chi connectivity index (χ0) is 16.2. The van der Waals surface area contributed by atoms with Crippen molar-refractivity contribution < 1.29 is 14.5 Å². The smallest absolute Gasteiger partial charge is 0.291 e. The normalized spacial score (nSPS) is 14.8. The molecule has 1 aliphatic rings. The molecule has 2 aromatic rings. The molecule has 0 aromatic carbocycles. The van der Waals surface area contributed by atoms with Crippen LogP contribution in [-0.4, -0.2) is 17.8 Å². The van der Waals surface area contributed by atoms with Crippen LogP contribution in [0.3, 0.4) is 0 Å². The molecule has 0 saturated heterocycles. The summed E-state index contributed by atoms with van der Waals surface area (Å²) >= 11 is 0. The number of nitrogens with zero attached hydrogens (tertiary/aromatic N) is 1. The summed E-state index contributed by atoms with van der Waals surface area (Å²) in [6, 6.07) is 6.06. The molecule has 0 amide bonds. The second-order valence-corrected chi connectivity index (χ2v) is 5.94. The molecule has 1 aliphatic carbocycles. The minimum Gasteiger partial charge on any atom is -0.461 e. The molecular weight excluding hydrogens is 290 g/mol. The summed E-state index contributed by atoms with van der Waals surface area (Å²) in [6.45, 7) is 2.04. The van der Waals surface area contributed by atoms with Crippen LogP contribution < -0.4 is 10.3 Å². The summed E-state index contributed by atoms with van der Waals surface area (Å²) in [4.78, 5) is 3.36. The Morgan fingerprint density at radius 1 is 1.39 bits per heavy atom. The number of anilines is 1. The van der Waals surface area contributed by atoms with Crippen molar-refractivity contribution in [2.75, 3.05) is 11.9 Å². The second-order valence-electron chi connectivity index (χ2n) is 5.94. The number of rotatable bonds is 5. The Morgan fingerprint density at radius 2 is 2.17 bits per heavy atom. The maximum Gasteiger partial charge on any atom is 0.291 e. The molecular formula is C18H22N3O2+. The van der Waals surface area contributed by atoms with Crippen LogP contribution in [0.2, 0.25) is 0 Å². The van der Waals surface area contributed by atoms with Gasteiger partial charge in [0.25, 0.3) is 5.82 Å². The van der Waals surface area contributed by atoms with Gasteiger partial charge in [-0.3, -0.25) is 5.32 Å². The van der Waals surface area contributed by atoms with Gasteiger partial charge in [0.05, 0.1) is 12.9 Å². The number of fused-ring (bicyclic) bond motifs is 1. The van der Waals surface area contributed by atoms with Gasteiger partial charge in [0.15, 0.2) is 11.5 Å². The summed E-state index contributed by atoms with van der Waals surface area (Å²) in [5.41, 5.74) is 3.91. The average molecular weight is 312 g/mol. The van der Waals surface area contributed by atoms with Crippen molar-refractivity contribution in [2.24, 2.45) is 0 Å². The first-order valence-electron chi connectivity index (χ1n) is 8.20. The lowest BCUT2D eigenvalue weighted by atomic mass is 9.87. The number of H-pyrrole nitrogens is 1. The Balaban J connectivity index is 2.15. The van der Waals surface area contributed by atoms with Crippen molar-refractivity contribution in [2.45, 2.75) is 45.1 Å². The lowest BCUT2D eigenvalue weighted by Gasteiger charge is -2.20. The van der Waals surface area contributed by atoms with Crippen LogP contribution >= 0.6 is 0 Å². The van der Waals surface area contributed by atoms with Crippen LogP contribution in [0.4, 0.5) is 5.82 Å². The number of nitriles is 1. The first kappa shape index (κ1) is 15.6. The van der Waals surface area contributed by atoms with Crippen LogP contribution in [0.1, 0.15) is 42.9 Å². The van der Waals surface area contributed by atoms with E-state index in [1.165, 1.54) is 5.56 Å². The number of aromatic amines is 1. The van der Waals surface area contributed by atoms with Crippen molar-refractivity contribution in [3.8, 4) is 17.5 Å². The molecule has 3 N–H and O–H groups in total. The second kappa shape index (κ2) is 6.84. The van der Waals surface area contributed by atoms with Gasteiger partial charge in [-0.2, -0.15) is 5.26 Å². The highest BCUT2D eigenvalue weighted by Crippen LogP contribution is 2.33. The lowest BCUT2D eigenvalue weighted by Crippen LogP contribution is -2.30. The quantitative estimate of drug-likeness (QED) is 0.889. The maximum atomic E-state index is 9.66. The monoisotopic (exact) mass is 312 g/mol. The number of nitrogens with one attached hydrogen (secondary N) is 2. The minimum absolute atomic E-state index is 0.0301. The molecule has 5 heteroatoms. The van der Waals surface area contributed by atoms with E-state index in [0.29, 0.717) is 11.4 Å². The van der Waals surface area contributed by atoms with Crippen LogP contribution in [0.25, 0.3) is 11.5 Å². The van der Waals surface area contributed by atoms with E-state index in [0.717, 1.165) is 49.1 Å². The lowest BCUT2D eigenvalue weighted by molar-refractivity contribution is -0.350. The fraction of sp³-hybridized carbons (Fsp3) is 0.444. The zero-order valence-corrected chi connectivity index (χ0v) is 13.4. The molecule has 2 heterocycles. The average Bonchev–Trinajstić information content (AvgIpc) is 3.13. The van der Waals surface area contributed by atoms with Gasteiger partial charge in [-0.1, -0.05) is 6.92 Å². The summed E-state index contributed by atoms with van der Waals surface area (Å²) in [5, 5.41) is 22.4. The standard InChI is InChI=1S/C18H21N3O2/c1-2-12(11-22)20-18-15(10-19)13-6-3-4-7-14(13)17(21-18)16-8-5-9-23-16/h5,8-9,12,22H,2-4,6-7,11H2,1H3,(H,20,21)/p+1/t12-/m1/s1. The molecule has 0 fully saturated rings. The van der Waals surface area contributed by atoms with Crippen LogP contribution in [0, 0.1) is 11.3 Å². The van der Waals surface area contributed by atoms with Gasteiger partial charge in [-0.15, -0.1) is 0 Å². The predicted molar refractivity (Wildman–Crippen MR) is 86.8 cm³/mol. The number of hydrogen-bond acceptors (Lipinski definition) is 4. The fourth-order valence-electron chi connectivity index (χ4n) is 3.21. The van der Waals surface area contributed by atoms with Gasteiger partial charge in [0.2, 0.25) is 0 Å². The van der Waals surface area contributed by atoms with Crippen molar-refractivity contribution in [1.29, 1.82) is 5.26 Å². The molecule has 0 saturated carbocycles. The molecule has 5 nitrogen and oxygen atoms in total. The molecule has 0 radical (unpaired) electrons. The van der Waals surface area contributed by atoms with E-state index in [2.05, 4.69) is 16.4 Å². The number of aromatic nitrogens is 1. The first-order valence-corrected chi connectivity index (χ1v) is 8.20. The van der Waals surface area contributed by atoms with E-state index >= 15 is 0 Å². The summed E-state index contributed by atoms with van der Waals surface area (Å²) in [6.07, 6.45) is 6.52. The van der Waals surface area contributed by atoms with E-state index < -0.39 is 0 Å². The third kappa shape index (κ3) is 2.95. The SMILES string of the molecule is CC[C@H](CO)Nc1[nH+]c(-c2ccco2)c2c(c1C#N)CCCC2. The van der Waals surface area contributed by atoms with Crippen LogP contribution in [-0.2, 0) is 12.8 Å². The third-order valence-corrected chi connectivity index (χ3v) is 4.51. The molecule has 0 spiro atoms.